The van der Waals surface area contributed by atoms with Crippen molar-refractivity contribution in [2.75, 3.05) is 24.6 Å². The summed E-state index contributed by atoms with van der Waals surface area (Å²) >= 11 is 7.05. The topological polar surface area (TPSA) is 79.7 Å². The summed E-state index contributed by atoms with van der Waals surface area (Å²) in [5, 5.41) is 0.161. The molecule has 0 N–H and O–H groups in total. The lowest BCUT2D eigenvalue weighted by Crippen LogP contribution is -2.62. The molecule has 11 heteroatoms. The number of rotatable bonds is 1. The Morgan fingerprint density at radius 1 is 1.15 bits per heavy atom. The third kappa shape index (κ3) is 3.34. The van der Waals surface area contributed by atoms with Crippen LogP contribution in [0.4, 0.5) is 15.9 Å². The minimum absolute atomic E-state index is 0.111. The van der Waals surface area contributed by atoms with Crippen LogP contribution >= 0.6 is 11.6 Å². The highest BCUT2D eigenvalue weighted by molar-refractivity contribution is 6.36. The molecule has 9 nitrogen and oxygen atoms in total. The van der Waals surface area contributed by atoms with Crippen LogP contribution in [0.15, 0.2) is 54.0 Å². The average Bonchev–Trinajstić information content (AvgIpc) is 3.07. The lowest BCUT2D eigenvalue weighted by Gasteiger charge is -2.47. The number of aliphatic imine (C=N–C) groups is 1. The fourth-order valence-electron chi connectivity index (χ4n) is 6.51. The molecule has 1 aromatic heterocycles. The van der Waals surface area contributed by atoms with Gasteiger partial charge in [-0.3, -0.25) is 9.69 Å². The number of amidine groups is 1. The molecule has 8 rings (SSSR count). The van der Waals surface area contributed by atoms with E-state index in [-0.39, 0.29) is 52.7 Å². The number of pyridine rings is 1. The zero-order valence-corrected chi connectivity index (χ0v) is 23.1. The number of para-hydroxylation sites is 1. The molecule has 0 aliphatic carbocycles. The molecule has 208 valence electrons. The summed E-state index contributed by atoms with van der Waals surface area (Å²) in [5.74, 6) is 1.64. The molecule has 0 spiro atoms. The number of hydrogen-bond donors (Lipinski definition) is 0. The minimum atomic E-state index is -0.771. The van der Waals surface area contributed by atoms with Crippen molar-refractivity contribution in [3.05, 3.63) is 71.0 Å². The number of aromatic nitrogens is 1. The van der Waals surface area contributed by atoms with E-state index in [0.717, 1.165) is 11.3 Å². The van der Waals surface area contributed by atoms with Crippen molar-refractivity contribution in [1.29, 1.82) is 0 Å². The standard InChI is InChI=1S/C30H25ClFN5O4/c1-4-21(38)35-12-16-13-39-27-23-28(36(16)11-14(35)2)34-30-37-26-17(15(3)40-30)7-5-10-20(26)41-19-9-6-8-18(32)22(19)25(24(27)31)33-29(23)37/h4-10,14-16,30H,1,11-13H2,2-3H3/t14-,15?,16+,30?/m1/s1. The van der Waals surface area contributed by atoms with Gasteiger partial charge in [0.2, 0.25) is 12.3 Å². The highest BCUT2D eigenvalue weighted by Crippen LogP contribution is 2.55. The number of carbonyl (C=O) groups is 1. The highest BCUT2D eigenvalue weighted by atomic mass is 35.5. The van der Waals surface area contributed by atoms with E-state index >= 15 is 4.39 Å². The van der Waals surface area contributed by atoms with Crippen LogP contribution < -0.4 is 14.4 Å². The Hall–Kier alpha value is -4.15. The molecule has 2 unspecified atom stereocenters. The van der Waals surface area contributed by atoms with Crippen molar-refractivity contribution in [2.45, 2.75) is 38.4 Å². The number of amides is 1. The molecule has 2 bridgehead atoms. The second kappa shape index (κ2) is 8.67. The second-order valence-electron chi connectivity index (χ2n) is 10.8. The van der Waals surface area contributed by atoms with E-state index < -0.39 is 12.2 Å². The number of piperazine rings is 1. The molecule has 0 radical (unpaired) electrons. The first kappa shape index (κ1) is 24.6. The third-order valence-electron chi connectivity index (χ3n) is 8.44. The van der Waals surface area contributed by atoms with E-state index in [9.17, 15) is 4.79 Å². The average molecular weight is 574 g/mol. The quantitative estimate of drug-likeness (QED) is 0.361. The molecule has 5 aliphatic rings. The summed E-state index contributed by atoms with van der Waals surface area (Å²) in [6, 6.07) is 10.0. The third-order valence-corrected chi connectivity index (χ3v) is 8.79. The summed E-state index contributed by atoms with van der Waals surface area (Å²) in [7, 11) is 0. The van der Waals surface area contributed by atoms with Crippen molar-refractivity contribution in [2.24, 2.45) is 4.99 Å². The molecule has 0 saturated carbocycles. The molecule has 1 fully saturated rings. The summed E-state index contributed by atoms with van der Waals surface area (Å²) in [4.78, 5) is 28.7. The maximum absolute atomic E-state index is 15.6. The first-order valence-electron chi connectivity index (χ1n) is 13.5. The van der Waals surface area contributed by atoms with Crippen molar-refractivity contribution in [1.82, 2.24) is 14.8 Å². The molecule has 41 heavy (non-hydrogen) atoms. The normalized spacial score (nSPS) is 24.8. The van der Waals surface area contributed by atoms with Crippen LogP contribution in [0.2, 0.25) is 5.02 Å². The summed E-state index contributed by atoms with van der Waals surface area (Å²) < 4.78 is 34.9. The number of ether oxygens (including phenoxy) is 3. The van der Waals surface area contributed by atoms with E-state index in [1.165, 1.54) is 12.1 Å². The number of benzene rings is 2. The number of fused-ring (bicyclic) bond motifs is 5. The van der Waals surface area contributed by atoms with E-state index in [2.05, 4.69) is 11.5 Å². The zero-order chi connectivity index (χ0) is 28.2. The second-order valence-corrected chi connectivity index (χ2v) is 11.2. The number of hydrogen-bond acceptors (Lipinski definition) is 8. The van der Waals surface area contributed by atoms with Gasteiger partial charge < -0.3 is 24.0 Å². The van der Waals surface area contributed by atoms with Crippen molar-refractivity contribution < 1.29 is 23.4 Å². The van der Waals surface area contributed by atoms with E-state index in [1.807, 2.05) is 36.9 Å². The fourth-order valence-corrected chi connectivity index (χ4v) is 6.79. The van der Waals surface area contributed by atoms with Gasteiger partial charge in [0.25, 0.3) is 0 Å². The van der Waals surface area contributed by atoms with Gasteiger partial charge in [-0.15, -0.1) is 0 Å². The lowest BCUT2D eigenvalue weighted by molar-refractivity contribution is -0.131. The number of nitrogens with zero attached hydrogens (tertiary/aromatic N) is 5. The van der Waals surface area contributed by atoms with Crippen LogP contribution in [-0.2, 0) is 9.53 Å². The molecule has 6 heterocycles. The van der Waals surface area contributed by atoms with Crippen LogP contribution in [0.5, 0.6) is 17.2 Å². The maximum atomic E-state index is 15.6. The minimum Gasteiger partial charge on any atom is -0.489 e. The van der Waals surface area contributed by atoms with Gasteiger partial charge in [0.05, 0.1) is 23.4 Å². The Labute approximate surface area is 240 Å². The molecule has 3 aromatic rings. The van der Waals surface area contributed by atoms with E-state index in [0.29, 0.717) is 41.8 Å². The Kier molecular flexibility index (Phi) is 5.21. The van der Waals surface area contributed by atoms with Crippen LogP contribution in [0.3, 0.4) is 0 Å². The van der Waals surface area contributed by atoms with Gasteiger partial charge in [-0.2, -0.15) is 0 Å². The van der Waals surface area contributed by atoms with Crippen molar-refractivity contribution >= 4 is 34.8 Å². The first-order valence-corrected chi connectivity index (χ1v) is 13.9. The van der Waals surface area contributed by atoms with Gasteiger partial charge in [0, 0.05) is 24.7 Å². The van der Waals surface area contributed by atoms with E-state index in [4.69, 9.17) is 35.8 Å². The van der Waals surface area contributed by atoms with Gasteiger partial charge in [-0.1, -0.05) is 36.4 Å². The molecule has 1 amide bonds. The highest BCUT2D eigenvalue weighted by Gasteiger charge is 2.48. The van der Waals surface area contributed by atoms with Crippen LogP contribution in [0, 0.1) is 5.82 Å². The monoisotopic (exact) mass is 573 g/mol. The maximum Gasteiger partial charge on any atom is 0.246 e. The summed E-state index contributed by atoms with van der Waals surface area (Å²) in [6.45, 7) is 8.78. The smallest absolute Gasteiger partial charge is 0.246 e. The SMILES string of the molecule is C=CC(=O)N1C[C@H]2COc3c(Cl)c4nc5c3C(=NC3OC(C)c6cccc(c6N53)Oc3cccc(F)c3-4)N2C[C@H]1C. The molecule has 4 atom stereocenters. The Morgan fingerprint density at radius 3 is 2.78 bits per heavy atom. The predicted molar refractivity (Wildman–Crippen MR) is 150 cm³/mol. The number of carbonyl (C=O) groups excluding carboxylic acids is 1. The molecule has 2 aromatic carbocycles. The molecular weight excluding hydrogens is 549 g/mol. The van der Waals surface area contributed by atoms with Crippen molar-refractivity contribution in [3.8, 4) is 28.5 Å². The van der Waals surface area contributed by atoms with Gasteiger partial charge in [0.15, 0.2) is 17.3 Å². The first-order chi connectivity index (χ1) is 19.9. The van der Waals surface area contributed by atoms with Crippen molar-refractivity contribution in [3.63, 3.8) is 0 Å². The fraction of sp³-hybridized carbons (Fsp3) is 0.300. The predicted octanol–water partition coefficient (Wildman–Crippen LogP) is 5.40. The largest absolute Gasteiger partial charge is 0.489 e. The van der Waals surface area contributed by atoms with Gasteiger partial charge >= 0.3 is 0 Å². The van der Waals surface area contributed by atoms with Crippen LogP contribution in [-0.4, -0.2) is 64.7 Å². The van der Waals surface area contributed by atoms with Crippen LogP contribution in [0.25, 0.3) is 11.3 Å². The summed E-state index contributed by atoms with van der Waals surface area (Å²) in [5.41, 5.74) is 2.59. The number of anilines is 2. The Bertz CT molecular complexity index is 1710. The zero-order valence-electron chi connectivity index (χ0n) is 22.3. The molecular formula is C30H25ClFN5O4. The number of halogens is 2. The van der Waals surface area contributed by atoms with Crippen LogP contribution in [0.1, 0.15) is 31.1 Å². The summed E-state index contributed by atoms with van der Waals surface area (Å²) in [6.07, 6.45) is 0.254. The van der Waals surface area contributed by atoms with E-state index in [1.54, 1.807) is 17.0 Å². The molecule has 5 aliphatic heterocycles. The molecule has 1 saturated heterocycles. The van der Waals surface area contributed by atoms with Gasteiger partial charge in [-0.05, 0) is 38.1 Å². The van der Waals surface area contributed by atoms with Gasteiger partial charge in [-0.25, -0.2) is 14.4 Å². The Balaban J connectivity index is 1.42. The van der Waals surface area contributed by atoms with Gasteiger partial charge in [0.1, 0.15) is 40.3 Å². The lowest BCUT2D eigenvalue weighted by atomic mass is 10.0. The Morgan fingerprint density at radius 2 is 1.95 bits per heavy atom.